The van der Waals surface area contributed by atoms with Gasteiger partial charge in [0.25, 0.3) is 0 Å². The van der Waals surface area contributed by atoms with Gasteiger partial charge in [-0.25, -0.2) is 4.98 Å². The summed E-state index contributed by atoms with van der Waals surface area (Å²) in [4.78, 5) is 33.9. The lowest BCUT2D eigenvalue weighted by Gasteiger charge is -2.26. The van der Waals surface area contributed by atoms with Gasteiger partial charge in [-0.3, -0.25) is 9.59 Å². The van der Waals surface area contributed by atoms with Crippen molar-refractivity contribution in [3.05, 3.63) is 23.2 Å². The molecule has 1 aromatic rings. The van der Waals surface area contributed by atoms with Crippen molar-refractivity contribution in [2.45, 2.75) is 64.7 Å². The van der Waals surface area contributed by atoms with E-state index >= 15 is 0 Å². The molecule has 1 spiro atoms. The van der Waals surface area contributed by atoms with E-state index < -0.39 is 0 Å². The van der Waals surface area contributed by atoms with E-state index in [1.54, 1.807) is 0 Å². The smallest absolute Gasteiger partial charge is 0.230 e. The van der Waals surface area contributed by atoms with Gasteiger partial charge in [0, 0.05) is 17.3 Å². The normalized spacial score (nSPS) is 29.7. The molecule has 4 atom stereocenters. The fourth-order valence-electron chi connectivity index (χ4n) is 6.37. The molecule has 1 aliphatic heterocycles. The van der Waals surface area contributed by atoms with E-state index in [1.165, 1.54) is 37.3 Å². The Morgan fingerprint density at radius 2 is 1.76 bits per heavy atom. The highest BCUT2D eigenvalue weighted by molar-refractivity contribution is 7.14. The Hall–Kier alpha value is -1.73. The van der Waals surface area contributed by atoms with Crippen molar-refractivity contribution in [2.75, 3.05) is 31.5 Å². The highest BCUT2D eigenvalue weighted by Gasteiger charge is 2.69. The van der Waals surface area contributed by atoms with E-state index in [-0.39, 0.29) is 46.3 Å². The van der Waals surface area contributed by atoms with Gasteiger partial charge in [-0.1, -0.05) is 32.9 Å². The number of thiazole rings is 1. The molecule has 3 fully saturated rings. The zero-order chi connectivity index (χ0) is 23.2. The number of anilines is 1. The fourth-order valence-corrected chi connectivity index (χ4v) is 7.31. The number of amides is 2. The SMILES string of the molecule is CC(C)(C)c1csc(NC(=O)[C@H]2[C@H](C(=O)NCCCCN3CCCC3)[C@H]3C=C[C@H]2C32CC2)n1. The molecular weight excluding hydrogens is 432 g/mol. The summed E-state index contributed by atoms with van der Waals surface area (Å²) >= 11 is 1.47. The summed E-state index contributed by atoms with van der Waals surface area (Å²) < 4.78 is 0. The maximum atomic E-state index is 13.5. The standard InChI is InChI=1S/C26H38N4O2S/c1-25(2,3)19-16-33-24(28-19)29-23(32)21-18-9-8-17(26(18)10-11-26)20(21)22(31)27-12-4-5-13-30-14-6-7-15-30/h8-9,16-18,20-21H,4-7,10-15H2,1-3H3,(H,27,31)(H,28,29,32)/t17-,18-,20-,21-/m1/s1. The topological polar surface area (TPSA) is 74.3 Å². The van der Waals surface area contributed by atoms with Crippen LogP contribution in [0.5, 0.6) is 0 Å². The van der Waals surface area contributed by atoms with Gasteiger partial charge in [0.1, 0.15) is 0 Å². The van der Waals surface area contributed by atoms with Crippen molar-refractivity contribution < 1.29 is 9.59 Å². The van der Waals surface area contributed by atoms with Crippen molar-refractivity contribution in [3.63, 3.8) is 0 Å². The molecule has 7 heteroatoms. The van der Waals surface area contributed by atoms with E-state index in [0.717, 1.165) is 37.9 Å². The summed E-state index contributed by atoms with van der Waals surface area (Å²) in [5, 5.41) is 8.92. The molecule has 2 saturated carbocycles. The third-order valence-corrected chi connectivity index (χ3v) is 9.11. The molecular formula is C26H38N4O2S. The van der Waals surface area contributed by atoms with E-state index in [9.17, 15) is 9.59 Å². The molecule has 1 saturated heterocycles. The molecule has 4 aliphatic rings. The minimum absolute atomic E-state index is 0.0397. The number of allylic oxidation sites excluding steroid dienone is 2. The van der Waals surface area contributed by atoms with Crippen molar-refractivity contribution in [1.82, 2.24) is 15.2 Å². The second-order valence-electron chi connectivity index (χ2n) is 11.5. The number of unbranched alkanes of at least 4 members (excludes halogenated alkanes) is 1. The Bertz CT molecular complexity index is 923. The Morgan fingerprint density at radius 3 is 2.36 bits per heavy atom. The number of carbonyl (C=O) groups is 2. The molecule has 2 amide bonds. The molecule has 2 heterocycles. The average molecular weight is 471 g/mol. The number of carbonyl (C=O) groups excluding carboxylic acids is 2. The van der Waals surface area contributed by atoms with Crippen LogP contribution in [0, 0.1) is 29.1 Å². The minimum atomic E-state index is -0.297. The van der Waals surface area contributed by atoms with Gasteiger partial charge < -0.3 is 15.5 Å². The van der Waals surface area contributed by atoms with Crippen LogP contribution in [-0.2, 0) is 15.0 Å². The summed E-state index contributed by atoms with van der Waals surface area (Å²) in [6, 6.07) is 0. The highest BCUT2D eigenvalue weighted by Crippen LogP contribution is 2.72. The lowest BCUT2D eigenvalue weighted by molar-refractivity contribution is -0.132. The Balaban J connectivity index is 1.21. The van der Waals surface area contributed by atoms with Gasteiger partial charge in [-0.2, -0.15) is 0 Å². The molecule has 6 nitrogen and oxygen atoms in total. The Kier molecular flexibility index (Phi) is 6.15. The van der Waals surface area contributed by atoms with Gasteiger partial charge in [0.15, 0.2) is 5.13 Å². The first-order chi connectivity index (χ1) is 15.8. The molecule has 5 rings (SSSR count). The van der Waals surface area contributed by atoms with Crippen LogP contribution in [0.4, 0.5) is 5.13 Å². The van der Waals surface area contributed by atoms with Gasteiger partial charge in [-0.05, 0) is 75.4 Å². The first-order valence-electron chi connectivity index (χ1n) is 12.7. The second-order valence-corrected chi connectivity index (χ2v) is 12.4. The predicted octanol–water partition coefficient (Wildman–Crippen LogP) is 4.20. The third kappa shape index (κ3) is 4.39. The number of nitrogens with one attached hydrogen (secondary N) is 2. The summed E-state index contributed by atoms with van der Waals surface area (Å²) in [6.45, 7) is 10.6. The van der Waals surface area contributed by atoms with Crippen LogP contribution in [-0.4, -0.2) is 47.9 Å². The first kappa shape index (κ1) is 23.0. The van der Waals surface area contributed by atoms with Crippen LogP contribution in [0.2, 0.25) is 0 Å². The van der Waals surface area contributed by atoms with Gasteiger partial charge in [-0.15, -0.1) is 11.3 Å². The average Bonchev–Trinajstić information content (AvgIpc) is 3.11. The molecule has 0 aromatic carbocycles. The molecule has 2 bridgehead atoms. The van der Waals surface area contributed by atoms with Crippen LogP contribution < -0.4 is 10.6 Å². The first-order valence-corrected chi connectivity index (χ1v) is 13.6. The van der Waals surface area contributed by atoms with Crippen LogP contribution in [0.1, 0.15) is 65.0 Å². The molecule has 33 heavy (non-hydrogen) atoms. The van der Waals surface area contributed by atoms with Gasteiger partial charge in [0.2, 0.25) is 11.8 Å². The number of nitrogens with zero attached hydrogens (tertiary/aromatic N) is 2. The van der Waals surface area contributed by atoms with E-state index in [1.807, 2.05) is 5.38 Å². The Morgan fingerprint density at radius 1 is 1.09 bits per heavy atom. The van der Waals surface area contributed by atoms with Crippen LogP contribution in [0.25, 0.3) is 0 Å². The lowest BCUT2D eigenvalue weighted by atomic mass is 9.81. The number of hydrogen-bond acceptors (Lipinski definition) is 5. The molecule has 0 radical (unpaired) electrons. The zero-order valence-corrected chi connectivity index (χ0v) is 21.0. The molecule has 1 aromatic heterocycles. The number of rotatable bonds is 8. The summed E-state index contributed by atoms with van der Waals surface area (Å²) in [7, 11) is 0. The molecule has 0 unspecified atom stereocenters. The van der Waals surface area contributed by atoms with E-state index in [4.69, 9.17) is 0 Å². The number of likely N-dealkylation sites (tertiary alicyclic amines) is 1. The molecule has 2 N–H and O–H groups in total. The number of aromatic nitrogens is 1. The van der Waals surface area contributed by atoms with E-state index in [2.05, 4.69) is 53.4 Å². The largest absolute Gasteiger partial charge is 0.356 e. The quantitative estimate of drug-likeness (QED) is 0.441. The number of hydrogen-bond donors (Lipinski definition) is 2. The fraction of sp³-hybridized carbons (Fsp3) is 0.731. The summed E-state index contributed by atoms with van der Waals surface area (Å²) in [6.07, 6.45) is 11.4. The van der Waals surface area contributed by atoms with Crippen LogP contribution >= 0.6 is 11.3 Å². The molecule has 180 valence electrons. The maximum absolute atomic E-state index is 13.5. The van der Waals surface area contributed by atoms with Gasteiger partial charge >= 0.3 is 0 Å². The minimum Gasteiger partial charge on any atom is -0.356 e. The zero-order valence-electron chi connectivity index (χ0n) is 20.2. The van der Waals surface area contributed by atoms with Crippen molar-refractivity contribution in [1.29, 1.82) is 0 Å². The second kappa shape index (κ2) is 8.81. The third-order valence-electron chi connectivity index (χ3n) is 8.35. The van der Waals surface area contributed by atoms with Crippen molar-refractivity contribution in [2.24, 2.45) is 29.1 Å². The van der Waals surface area contributed by atoms with Crippen LogP contribution in [0.3, 0.4) is 0 Å². The monoisotopic (exact) mass is 470 g/mol. The van der Waals surface area contributed by atoms with Crippen molar-refractivity contribution >= 4 is 28.3 Å². The lowest BCUT2D eigenvalue weighted by Crippen LogP contribution is -2.42. The maximum Gasteiger partial charge on any atom is 0.230 e. The predicted molar refractivity (Wildman–Crippen MR) is 132 cm³/mol. The summed E-state index contributed by atoms with van der Waals surface area (Å²) in [5.41, 5.74) is 1.08. The summed E-state index contributed by atoms with van der Waals surface area (Å²) in [5.74, 6) is -0.159. The van der Waals surface area contributed by atoms with Gasteiger partial charge in [0.05, 0.1) is 17.5 Å². The molecule has 3 aliphatic carbocycles. The van der Waals surface area contributed by atoms with Crippen molar-refractivity contribution in [3.8, 4) is 0 Å². The Labute approximate surface area is 201 Å². The van der Waals surface area contributed by atoms with E-state index in [0.29, 0.717) is 11.7 Å². The van der Waals surface area contributed by atoms with Crippen LogP contribution in [0.15, 0.2) is 17.5 Å². The highest BCUT2D eigenvalue weighted by atomic mass is 32.1.